The van der Waals surface area contributed by atoms with E-state index in [1.807, 2.05) is 0 Å². The van der Waals surface area contributed by atoms with Crippen molar-refractivity contribution in [3.05, 3.63) is 35.9 Å². The summed E-state index contributed by atoms with van der Waals surface area (Å²) < 4.78 is 5.49. The Morgan fingerprint density at radius 1 is 1.38 bits per heavy atom. The van der Waals surface area contributed by atoms with Crippen molar-refractivity contribution in [2.45, 2.75) is 51.3 Å². The van der Waals surface area contributed by atoms with Gasteiger partial charge in [-0.25, -0.2) is 0 Å². The van der Waals surface area contributed by atoms with Crippen LogP contribution >= 0.6 is 0 Å². The van der Waals surface area contributed by atoms with E-state index in [9.17, 15) is 0 Å². The predicted molar refractivity (Wildman–Crippen MR) is 88.7 cm³/mol. The van der Waals surface area contributed by atoms with E-state index in [0.717, 1.165) is 32.5 Å². The summed E-state index contributed by atoms with van der Waals surface area (Å²) >= 11 is 0. The maximum atomic E-state index is 5.49. The van der Waals surface area contributed by atoms with Crippen LogP contribution in [0.15, 0.2) is 30.3 Å². The van der Waals surface area contributed by atoms with E-state index < -0.39 is 0 Å². The number of hydrogen-bond acceptors (Lipinski definition) is 3. The summed E-state index contributed by atoms with van der Waals surface area (Å²) in [4.78, 5) is 2.61. The van der Waals surface area contributed by atoms with Gasteiger partial charge in [0.1, 0.15) is 0 Å². The Bertz CT molecular complexity index is 422. The summed E-state index contributed by atoms with van der Waals surface area (Å²) in [7, 11) is 1.80. The van der Waals surface area contributed by atoms with E-state index in [0.29, 0.717) is 6.04 Å². The highest BCUT2D eigenvalue weighted by atomic mass is 16.5. The summed E-state index contributed by atoms with van der Waals surface area (Å²) in [6.45, 7) is 9.90. The number of rotatable bonds is 6. The first kappa shape index (κ1) is 16.5. The number of benzene rings is 1. The van der Waals surface area contributed by atoms with Gasteiger partial charge in [0.05, 0.1) is 6.10 Å². The lowest BCUT2D eigenvalue weighted by Gasteiger charge is -2.47. The van der Waals surface area contributed by atoms with Gasteiger partial charge in [-0.3, -0.25) is 4.90 Å². The smallest absolute Gasteiger partial charge is 0.0670 e. The highest BCUT2D eigenvalue weighted by Crippen LogP contribution is 2.21. The van der Waals surface area contributed by atoms with Gasteiger partial charge in [-0.15, -0.1) is 0 Å². The van der Waals surface area contributed by atoms with Gasteiger partial charge in [-0.05, 0) is 32.3 Å². The molecule has 1 N–H and O–H groups in total. The molecule has 2 rings (SSSR count). The molecule has 21 heavy (non-hydrogen) atoms. The normalized spacial score (nSPS) is 28.5. The molecule has 3 heteroatoms. The van der Waals surface area contributed by atoms with Crippen molar-refractivity contribution in [2.24, 2.45) is 0 Å². The molecule has 118 valence electrons. The largest absolute Gasteiger partial charge is 0.380 e. The minimum absolute atomic E-state index is 0.223. The van der Waals surface area contributed by atoms with E-state index in [1.165, 1.54) is 5.56 Å². The molecular weight excluding hydrogens is 260 g/mol. The van der Waals surface area contributed by atoms with Gasteiger partial charge < -0.3 is 10.1 Å². The second kappa shape index (κ2) is 7.39. The van der Waals surface area contributed by atoms with Gasteiger partial charge in [0.15, 0.2) is 0 Å². The van der Waals surface area contributed by atoms with Crippen LogP contribution in [0.4, 0.5) is 0 Å². The average molecular weight is 290 g/mol. The monoisotopic (exact) mass is 290 g/mol. The van der Waals surface area contributed by atoms with E-state index >= 15 is 0 Å². The fourth-order valence-corrected chi connectivity index (χ4v) is 3.07. The Hall–Kier alpha value is -0.900. The quantitative estimate of drug-likeness (QED) is 0.872. The Morgan fingerprint density at radius 3 is 2.71 bits per heavy atom. The third-order valence-electron chi connectivity index (χ3n) is 4.82. The Balaban J connectivity index is 2.06. The molecule has 0 bridgehead atoms. The third kappa shape index (κ3) is 4.53. The second-order valence-corrected chi connectivity index (χ2v) is 6.61. The van der Waals surface area contributed by atoms with Crippen LogP contribution in [0.1, 0.15) is 32.8 Å². The van der Waals surface area contributed by atoms with Crippen molar-refractivity contribution in [3.63, 3.8) is 0 Å². The first-order valence-corrected chi connectivity index (χ1v) is 8.12. The number of hydrogen-bond donors (Lipinski definition) is 1. The van der Waals surface area contributed by atoms with Crippen molar-refractivity contribution in [3.8, 4) is 0 Å². The molecule has 1 heterocycles. The number of ether oxygens (including phenoxy) is 1. The first-order chi connectivity index (χ1) is 10.1. The minimum Gasteiger partial charge on any atom is -0.380 e. The minimum atomic E-state index is 0.223. The molecule has 3 nitrogen and oxygen atoms in total. The molecule has 3 unspecified atom stereocenters. The lowest BCUT2D eigenvalue weighted by molar-refractivity contribution is 0.0232. The van der Waals surface area contributed by atoms with E-state index in [2.05, 4.69) is 61.3 Å². The number of piperazine rings is 1. The Morgan fingerprint density at radius 2 is 2.10 bits per heavy atom. The van der Waals surface area contributed by atoms with Gasteiger partial charge in [-0.2, -0.15) is 0 Å². The molecular formula is C18H30N2O. The van der Waals surface area contributed by atoms with Gasteiger partial charge in [-0.1, -0.05) is 37.3 Å². The molecule has 1 saturated heterocycles. The molecule has 1 aliphatic heterocycles. The highest BCUT2D eigenvalue weighted by Gasteiger charge is 2.34. The van der Waals surface area contributed by atoms with Gasteiger partial charge in [0.2, 0.25) is 0 Å². The zero-order valence-corrected chi connectivity index (χ0v) is 13.9. The third-order valence-corrected chi connectivity index (χ3v) is 4.82. The van der Waals surface area contributed by atoms with Crippen molar-refractivity contribution >= 4 is 0 Å². The Labute approximate surface area is 129 Å². The van der Waals surface area contributed by atoms with Crippen LogP contribution < -0.4 is 5.32 Å². The molecule has 0 spiro atoms. The molecule has 1 fully saturated rings. The molecule has 0 aliphatic carbocycles. The van der Waals surface area contributed by atoms with E-state index in [1.54, 1.807) is 7.11 Å². The molecule has 0 amide bonds. The second-order valence-electron chi connectivity index (χ2n) is 6.61. The van der Waals surface area contributed by atoms with Gasteiger partial charge in [0.25, 0.3) is 0 Å². The van der Waals surface area contributed by atoms with E-state index in [-0.39, 0.29) is 11.6 Å². The maximum Gasteiger partial charge on any atom is 0.0670 e. The molecule has 1 aliphatic rings. The van der Waals surface area contributed by atoms with Crippen LogP contribution in [-0.2, 0) is 11.2 Å². The summed E-state index contributed by atoms with van der Waals surface area (Å²) in [5, 5.41) is 3.75. The molecule has 3 atom stereocenters. The van der Waals surface area contributed by atoms with E-state index in [4.69, 9.17) is 4.74 Å². The van der Waals surface area contributed by atoms with Crippen molar-refractivity contribution in [1.82, 2.24) is 10.2 Å². The van der Waals surface area contributed by atoms with Gasteiger partial charge >= 0.3 is 0 Å². The number of methoxy groups -OCH3 is 1. The van der Waals surface area contributed by atoms with Crippen LogP contribution in [0.5, 0.6) is 0 Å². The number of nitrogens with one attached hydrogen (secondary N) is 1. The summed E-state index contributed by atoms with van der Waals surface area (Å²) in [6.07, 6.45) is 2.54. The van der Waals surface area contributed by atoms with Crippen LogP contribution in [-0.4, -0.2) is 49.3 Å². The lowest BCUT2D eigenvalue weighted by atomic mass is 9.91. The lowest BCUT2D eigenvalue weighted by Crippen LogP contribution is -2.64. The van der Waals surface area contributed by atoms with Crippen LogP contribution in [0.2, 0.25) is 0 Å². The summed E-state index contributed by atoms with van der Waals surface area (Å²) in [6, 6.07) is 11.3. The SMILES string of the molecule is CCC1(C)CN(CC(C)OC)C(Cc2ccccc2)CN1. The summed E-state index contributed by atoms with van der Waals surface area (Å²) in [5.41, 5.74) is 1.64. The highest BCUT2D eigenvalue weighted by molar-refractivity contribution is 5.16. The molecule has 1 aromatic carbocycles. The molecule has 0 aromatic heterocycles. The first-order valence-electron chi connectivity index (χ1n) is 8.12. The molecule has 0 saturated carbocycles. The van der Waals surface area contributed by atoms with Crippen molar-refractivity contribution < 1.29 is 4.74 Å². The fraction of sp³-hybridized carbons (Fsp3) is 0.667. The van der Waals surface area contributed by atoms with Crippen LogP contribution in [0.3, 0.4) is 0 Å². The molecule has 0 radical (unpaired) electrons. The van der Waals surface area contributed by atoms with Crippen LogP contribution in [0, 0.1) is 0 Å². The number of nitrogens with zero attached hydrogens (tertiary/aromatic N) is 1. The predicted octanol–water partition coefficient (Wildman–Crippen LogP) is 2.71. The summed E-state index contributed by atoms with van der Waals surface area (Å²) in [5.74, 6) is 0. The topological polar surface area (TPSA) is 24.5 Å². The standard InChI is InChI=1S/C18H30N2O/c1-5-18(3)14-20(13-15(2)21-4)17(12-19-18)11-16-9-7-6-8-10-16/h6-10,15,17,19H,5,11-14H2,1-4H3. The van der Waals surface area contributed by atoms with Gasteiger partial charge in [0, 0.05) is 38.3 Å². The maximum absolute atomic E-state index is 5.49. The zero-order chi connectivity index (χ0) is 15.3. The van der Waals surface area contributed by atoms with Crippen molar-refractivity contribution in [2.75, 3.05) is 26.7 Å². The fourth-order valence-electron chi connectivity index (χ4n) is 3.07. The zero-order valence-electron chi connectivity index (χ0n) is 13.9. The molecule has 1 aromatic rings. The van der Waals surface area contributed by atoms with Crippen molar-refractivity contribution in [1.29, 1.82) is 0 Å². The Kier molecular flexibility index (Phi) is 5.80. The van der Waals surface area contributed by atoms with Crippen LogP contribution in [0.25, 0.3) is 0 Å². The average Bonchev–Trinajstić information content (AvgIpc) is 2.51.